The predicted octanol–water partition coefficient (Wildman–Crippen LogP) is 2.21. The van der Waals surface area contributed by atoms with E-state index in [0.717, 1.165) is 44.9 Å². The van der Waals surface area contributed by atoms with Crippen molar-refractivity contribution in [1.29, 1.82) is 0 Å². The third-order valence-electron chi connectivity index (χ3n) is 4.79. The smallest absolute Gasteiger partial charge is 0.122 e. The number of hydrogen-bond donors (Lipinski definition) is 0. The van der Waals surface area contributed by atoms with Crippen molar-refractivity contribution in [3.8, 4) is 5.75 Å². The zero-order chi connectivity index (χ0) is 16.1. The Balaban J connectivity index is 1.36. The highest BCUT2D eigenvalue weighted by molar-refractivity contribution is 5.39. The SMILES string of the molecule is CC(C)OCCN1CCN(CCc2ccc3c(c2)CCO3)CC1. The van der Waals surface area contributed by atoms with Crippen LogP contribution in [0.5, 0.6) is 5.75 Å². The Morgan fingerprint density at radius 1 is 1.09 bits per heavy atom. The molecule has 0 bridgehead atoms. The van der Waals surface area contributed by atoms with Gasteiger partial charge in [0.05, 0.1) is 19.3 Å². The lowest BCUT2D eigenvalue weighted by molar-refractivity contribution is 0.0450. The van der Waals surface area contributed by atoms with Gasteiger partial charge in [-0.3, -0.25) is 4.90 Å². The number of piperazine rings is 1. The van der Waals surface area contributed by atoms with E-state index in [-0.39, 0.29) is 0 Å². The molecule has 0 aromatic heterocycles. The summed E-state index contributed by atoms with van der Waals surface area (Å²) in [6.07, 6.45) is 2.55. The van der Waals surface area contributed by atoms with Crippen molar-refractivity contribution < 1.29 is 9.47 Å². The van der Waals surface area contributed by atoms with Gasteiger partial charge in [-0.05, 0) is 37.5 Å². The monoisotopic (exact) mass is 318 g/mol. The molecule has 2 aliphatic heterocycles. The molecule has 0 saturated carbocycles. The number of ether oxygens (including phenoxy) is 2. The summed E-state index contributed by atoms with van der Waals surface area (Å²) in [5.41, 5.74) is 2.83. The quantitative estimate of drug-likeness (QED) is 0.769. The summed E-state index contributed by atoms with van der Waals surface area (Å²) in [7, 11) is 0. The summed E-state index contributed by atoms with van der Waals surface area (Å²) in [5.74, 6) is 1.09. The van der Waals surface area contributed by atoms with Crippen LogP contribution in [0.4, 0.5) is 0 Å². The van der Waals surface area contributed by atoms with Gasteiger partial charge in [-0.25, -0.2) is 0 Å². The van der Waals surface area contributed by atoms with Crippen LogP contribution in [0, 0.1) is 0 Å². The molecule has 23 heavy (non-hydrogen) atoms. The molecule has 0 amide bonds. The van der Waals surface area contributed by atoms with E-state index in [0.29, 0.717) is 6.10 Å². The number of nitrogens with zero attached hydrogens (tertiary/aromatic N) is 2. The van der Waals surface area contributed by atoms with Crippen LogP contribution in [-0.4, -0.2) is 68.4 Å². The predicted molar refractivity (Wildman–Crippen MR) is 93.3 cm³/mol. The Labute approximate surface area is 140 Å². The second kappa shape index (κ2) is 8.13. The van der Waals surface area contributed by atoms with E-state index in [1.807, 2.05) is 0 Å². The highest BCUT2D eigenvalue weighted by atomic mass is 16.5. The minimum atomic E-state index is 0.342. The molecule has 128 valence electrons. The molecule has 3 rings (SSSR count). The largest absolute Gasteiger partial charge is 0.493 e. The standard InChI is InChI=1S/C19H30N2O2/c1-16(2)22-14-12-21-10-8-20(9-11-21)7-5-17-3-4-19-18(15-17)6-13-23-19/h3-4,15-16H,5-14H2,1-2H3. The van der Waals surface area contributed by atoms with Crippen LogP contribution in [0.1, 0.15) is 25.0 Å². The van der Waals surface area contributed by atoms with Crippen LogP contribution < -0.4 is 4.74 Å². The first-order chi connectivity index (χ1) is 11.2. The molecular formula is C19H30N2O2. The minimum absolute atomic E-state index is 0.342. The van der Waals surface area contributed by atoms with E-state index >= 15 is 0 Å². The van der Waals surface area contributed by atoms with Gasteiger partial charge < -0.3 is 14.4 Å². The van der Waals surface area contributed by atoms with Gasteiger partial charge in [0.25, 0.3) is 0 Å². The summed E-state index contributed by atoms with van der Waals surface area (Å²) in [6.45, 7) is 12.8. The summed E-state index contributed by atoms with van der Waals surface area (Å²) >= 11 is 0. The molecule has 1 aromatic carbocycles. The van der Waals surface area contributed by atoms with Gasteiger partial charge >= 0.3 is 0 Å². The molecule has 0 aliphatic carbocycles. The molecule has 2 aliphatic rings. The van der Waals surface area contributed by atoms with Crippen LogP contribution in [-0.2, 0) is 17.6 Å². The molecule has 0 spiro atoms. The normalized spacial score (nSPS) is 19.1. The van der Waals surface area contributed by atoms with Crippen LogP contribution in [0.25, 0.3) is 0 Å². The average Bonchev–Trinajstić information content (AvgIpc) is 3.01. The number of hydrogen-bond acceptors (Lipinski definition) is 4. The maximum Gasteiger partial charge on any atom is 0.122 e. The Morgan fingerprint density at radius 3 is 2.57 bits per heavy atom. The fourth-order valence-electron chi connectivity index (χ4n) is 3.34. The number of fused-ring (bicyclic) bond motifs is 1. The van der Waals surface area contributed by atoms with Crippen molar-refractivity contribution in [2.24, 2.45) is 0 Å². The topological polar surface area (TPSA) is 24.9 Å². The molecule has 1 saturated heterocycles. The minimum Gasteiger partial charge on any atom is -0.493 e. The fourth-order valence-corrected chi connectivity index (χ4v) is 3.34. The van der Waals surface area contributed by atoms with Gasteiger partial charge in [0.1, 0.15) is 5.75 Å². The lowest BCUT2D eigenvalue weighted by atomic mass is 10.1. The van der Waals surface area contributed by atoms with Crippen LogP contribution >= 0.6 is 0 Å². The van der Waals surface area contributed by atoms with E-state index in [1.165, 1.54) is 37.3 Å². The first-order valence-electron chi connectivity index (χ1n) is 9.01. The van der Waals surface area contributed by atoms with Gasteiger partial charge in [-0.1, -0.05) is 12.1 Å². The third kappa shape index (κ3) is 4.93. The number of benzene rings is 1. The van der Waals surface area contributed by atoms with Crippen molar-refractivity contribution in [2.45, 2.75) is 32.8 Å². The maximum absolute atomic E-state index is 5.65. The van der Waals surface area contributed by atoms with Crippen molar-refractivity contribution >= 4 is 0 Å². The third-order valence-corrected chi connectivity index (χ3v) is 4.79. The summed E-state index contributed by atoms with van der Waals surface area (Å²) in [5, 5.41) is 0. The molecule has 1 fully saturated rings. The Kier molecular flexibility index (Phi) is 5.92. The van der Waals surface area contributed by atoms with E-state index in [9.17, 15) is 0 Å². The first-order valence-corrected chi connectivity index (χ1v) is 9.01. The summed E-state index contributed by atoms with van der Waals surface area (Å²) in [6, 6.07) is 6.70. The summed E-state index contributed by atoms with van der Waals surface area (Å²) in [4.78, 5) is 5.11. The molecule has 0 atom stereocenters. The molecule has 4 heteroatoms. The van der Waals surface area contributed by atoms with Gasteiger partial charge in [-0.15, -0.1) is 0 Å². The molecular weight excluding hydrogens is 288 g/mol. The molecule has 0 N–H and O–H groups in total. The van der Waals surface area contributed by atoms with Crippen molar-refractivity contribution in [3.05, 3.63) is 29.3 Å². The lowest BCUT2D eigenvalue weighted by Gasteiger charge is -2.34. The molecule has 1 aromatic rings. The molecule has 2 heterocycles. The fraction of sp³-hybridized carbons (Fsp3) is 0.684. The van der Waals surface area contributed by atoms with E-state index in [2.05, 4.69) is 41.8 Å². The van der Waals surface area contributed by atoms with Gasteiger partial charge in [-0.2, -0.15) is 0 Å². The molecule has 4 nitrogen and oxygen atoms in total. The van der Waals surface area contributed by atoms with E-state index < -0.39 is 0 Å². The van der Waals surface area contributed by atoms with E-state index in [1.54, 1.807) is 0 Å². The second-order valence-corrected chi connectivity index (χ2v) is 6.89. The summed E-state index contributed by atoms with van der Waals surface area (Å²) < 4.78 is 11.2. The second-order valence-electron chi connectivity index (χ2n) is 6.89. The van der Waals surface area contributed by atoms with Crippen molar-refractivity contribution in [2.75, 3.05) is 52.5 Å². The van der Waals surface area contributed by atoms with Crippen LogP contribution in [0.2, 0.25) is 0 Å². The number of rotatable bonds is 7. The van der Waals surface area contributed by atoms with Crippen molar-refractivity contribution in [3.63, 3.8) is 0 Å². The Bertz CT molecular complexity index is 496. The zero-order valence-electron chi connectivity index (χ0n) is 14.6. The van der Waals surface area contributed by atoms with Gasteiger partial charge in [0.15, 0.2) is 0 Å². The van der Waals surface area contributed by atoms with Crippen molar-refractivity contribution in [1.82, 2.24) is 9.80 Å². The molecule has 0 radical (unpaired) electrons. The maximum atomic E-state index is 5.65. The highest BCUT2D eigenvalue weighted by Gasteiger charge is 2.17. The Morgan fingerprint density at radius 2 is 1.83 bits per heavy atom. The lowest BCUT2D eigenvalue weighted by Crippen LogP contribution is -2.47. The van der Waals surface area contributed by atoms with E-state index in [4.69, 9.17) is 9.47 Å². The average molecular weight is 318 g/mol. The van der Waals surface area contributed by atoms with Crippen LogP contribution in [0.15, 0.2) is 18.2 Å². The Hall–Kier alpha value is -1.10. The van der Waals surface area contributed by atoms with Gasteiger partial charge in [0.2, 0.25) is 0 Å². The van der Waals surface area contributed by atoms with Gasteiger partial charge in [0, 0.05) is 45.7 Å². The zero-order valence-corrected chi connectivity index (χ0v) is 14.6. The first kappa shape index (κ1) is 16.7. The highest BCUT2D eigenvalue weighted by Crippen LogP contribution is 2.26. The van der Waals surface area contributed by atoms with Crippen LogP contribution in [0.3, 0.4) is 0 Å². The molecule has 0 unspecified atom stereocenters.